The molecule has 0 aliphatic carbocycles. The third kappa shape index (κ3) is 5.16. The number of hydrogen-bond donors (Lipinski definition) is 1. The first-order chi connectivity index (χ1) is 10.6. The lowest BCUT2D eigenvalue weighted by molar-refractivity contribution is -0.121. The van der Waals surface area contributed by atoms with Gasteiger partial charge in [0.2, 0.25) is 5.91 Å². The Bertz CT molecular complexity index is 617. The summed E-state index contributed by atoms with van der Waals surface area (Å²) in [7, 11) is 0. The van der Waals surface area contributed by atoms with E-state index >= 15 is 0 Å². The van der Waals surface area contributed by atoms with Crippen LogP contribution < -0.4 is 10.1 Å². The average molecular weight is 305 g/mol. The standard InChI is InChI=1S/C17H17F2NO2/c18-15-9-8-13(11-16(15)19)12-20-17(21)7-4-10-22-14-5-2-1-3-6-14/h1-3,5-6,8-9,11H,4,7,10,12H2,(H,20,21). The summed E-state index contributed by atoms with van der Waals surface area (Å²) >= 11 is 0. The number of carbonyl (C=O) groups is 1. The largest absolute Gasteiger partial charge is 0.494 e. The van der Waals surface area contributed by atoms with Gasteiger partial charge in [-0.2, -0.15) is 0 Å². The third-order valence-corrected chi connectivity index (χ3v) is 3.03. The number of para-hydroxylation sites is 1. The second-order valence-electron chi connectivity index (χ2n) is 4.79. The lowest BCUT2D eigenvalue weighted by Crippen LogP contribution is -2.23. The van der Waals surface area contributed by atoms with E-state index in [1.54, 1.807) is 0 Å². The quantitative estimate of drug-likeness (QED) is 0.796. The lowest BCUT2D eigenvalue weighted by atomic mass is 10.2. The van der Waals surface area contributed by atoms with Crippen LogP contribution in [0.1, 0.15) is 18.4 Å². The second-order valence-corrected chi connectivity index (χ2v) is 4.79. The molecule has 2 aromatic carbocycles. The van der Waals surface area contributed by atoms with Crippen molar-refractivity contribution >= 4 is 5.91 Å². The molecular weight excluding hydrogens is 288 g/mol. The normalized spacial score (nSPS) is 10.3. The van der Waals surface area contributed by atoms with E-state index in [-0.39, 0.29) is 12.5 Å². The fourth-order valence-electron chi connectivity index (χ4n) is 1.88. The van der Waals surface area contributed by atoms with Gasteiger partial charge >= 0.3 is 0 Å². The number of benzene rings is 2. The van der Waals surface area contributed by atoms with Crippen LogP contribution in [0.3, 0.4) is 0 Å². The molecule has 0 heterocycles. The van der Waals surface area contributed by atoms with Crippen LogP contribution in [0.5, 0.6) is 5.75 Å². The summed E-state index contributed by atoms with van der Waals surface area (Å²) < 4.78 is 31.3. The number of nitrogens with one attached hydrogen (secondary N) is 1. The molecule has 0 aliphatic rings. The Kier molecular flexibility index (Phi) is 5.89. The van der Waals surface area contributed by atoms with Gasteiger partial charge in [0.1, 0.15) is 5.75 Å². The highest BCUT2D eigenvalue weighted by Gasteiger charge is 2.05. The number of carbonyl (C=O) groups excluding carboxylic acids is 1. The van der Waals surface area contributed by atoms with Gasteiger partial charge in [-0.3, -0.25) is 4.79 Å². The predicted molar refractivity (Wildman–Crippen MR) is 79.4 cm³/mol. The van der Waals surface area contributed by atoms with E-state index in [1.807, 2.05) is 30.3 Å². The zero-order chi connectivity index (χ0) is 15.8. The van der Waals surface area contributed by atoms with Crippen LogP contribution in [0.2, 0.25) is 0 Å². The molecule has 116 valence electrons. The Morgan fingerprint density at radius 2 is 1.82 bits per heavy atom. The maximum absolute atomic E-state index is 13.0. The maximum Gasteiger partial charge on any atom is 0.220 e. The van der Waals surface area contributed by atoms with Gasteiger partial charge in [0, 0.05) is 13.0 Å². The van der Waals surface area contributed by atoms with Crippen LogP contribution in [0.25, 0.3) is 0 Å². The van der Waals surface area contributed by atoms with E-state index in [0.29, 0.717) is 25.0 Å². The number of ether oxygens (including phenoxy) is 1. The number of rotatable bonds is 7. The number of amides is 1. The summed E-state index contributed by atoms with van der Waals surface area (Å²) in [6, 6.07) is 12.9. The molecule has 2 rings (SSSR count). The van der Waals surface area contributed by atoms with Gasteiger partial charge in [0.15, 0.2) is 11.6 Å². The van der Waals surface area contributed by atoms with Crippen molar-refractivity contribution in [2.24, 2.45) is 0 Å². The molecular formula is C17H17F2NO2. The van der Waals surface area contributed by atoms with Crippen molar-refractivity contribution in [1.82, 2.24) is 5.32 Å². The van der Waals surface area contributed by atoms with Crippen molar-refractivity contribution in [3.63, 3.8) is 0 Å². The molecule has 22 heavy (non-hydrogen) atoms. The SMILES string of the molecule is O=C(CCCOc1ccccc1)NCc1ccc(F)c(F)c1. The van der Waals surface area contributed by atoms with Crippen molar-refractivity contribution in [3.05, 3.63) is 65.7 Å². The minimum atomic E-state index is -0.914. The van der Waals surface area contributed by atoms with E-state index in [0.717, 1.165) is 17.9 Å². The molecule has 0 aromatic heterocycles. The minimum absolute atomic E-state index is 0.151. The zero-order valence-corrected chi connectivity index (χ0v) is 12.0. The Morgan fingerprint density at radius 1 is 1.05 bits per heavy atom. The van der Waals surface area contributed by atoms with Crippen molar-refractivity contribution in [3.8, 4) is 5.75 Å². The fourth-order valence-corrected chi connectivity index (χ4v) is 1.88. The van der Waals surface area contributed by atoms with Gasteiger partial charge < -0.3 is 10.1 Å². The molecule has 0 bridgehead atoms. The summed E-state index contributed by atoms with van der Waals surface area (Å²) in [4.78, 5) is 11.6. The second kappa shape index (κ2) is 8.12. The molecule has 0 aliphatic heterocycles. The highest BCUT2D eigenvalue weighted by atomic mass is 19.2. The topological polar surface area (TPSA) is 38.3 Å². The highest BCUT2D eigenvalue weighted by Crippen LogP contribution is 2.10. The minimum Gasteiger partial charge on any atom is -0.494 e. The molecule has 0 fully saturated rings. The third-order valence-electron chi connectivity index (χ3n) is 3.03. The van der Waals surface area contributed by atoms with Gasteiger partial charge in [0.05, 0.1) is 6.61 Å². The van der Waals surface area contributed by atoms with E-state index < -0.39 is 11.6 Å². The molecule has 1 N–H and O–H groups in total. The summed E-state index contributed by atoms with van der Waals surface area (Å²) in [6.45, 7) is 0.623. The zero-order valence-electron chi connectivity index (χ0n) is 12.0. The van der Waals surface area contributed by atoms with Crippen molar-refractivity contribution in [2.75, 3.05) is 6.61 Å². The van der Waals surface area contributed by atoms with Crippen LogP contribution >= 0.6 is 0 Å². The molecule has 5 heteroatoms. The van der Waals surface area contributed by atoms with Crippen molar-refractivity contribution < 1.29 is 18.3 Å². The van der Waals surface area contributed by atoms with Gasteiger partial charge in [-0.1, -0.05) is 24.3 Å². The van der Waals surface area contributed by atoms with E-state index in [4.69, 9.17) is 4.74 Å². The van der Waals surface area contributed by atoms with Crippen LogP contribution in [-0.2, 0) is 11.3 Å². The summed E-state index contributed by atoms with van der Waals surface area (Å²) in [5.74, 6) is -1.19. The Morgan fingerprint density at radius 3 is 2.55 bits per heavy atom. The smallest absolute Gasteiger partial charge is 0.220 e. The average Bonchev–Trinajstić information content (AvgIpc) is 2.54. The molecule has 0 saturated carbocycles. The molecule has 3 nitrogen and oxygen atoms in total. The van der Waals surface area contributed by atoms with Crippen molar-refractivity contribution in [2.45, 2.75) is 19.4 Å². The Balaban J connectivity index is 1.64. The van der Waals surface area contributed by atoms with Crippen LogP contribution in [-0.4, -0.2) is 12.5 Å². The first-order valence-corrected chi connectivity index (χ1v) is 7.03. The molecule has 0 radical (unpaired) electrons. The monoisotopic (exact) mass is 305 g/mol. The molecule has 1 amide bonds. The molecule has 0 unspecified atom stereocenters. The van der Waals surface area contributed by atoms with E-state index in [9.17, 15) is 13.6 Å². The van der Waals surface area contributed by atoms with Gasteiger partial charge in [-0.05, 0) is 36.2 Å². The Hall–Kier alpha value is -2.43. The summed E-state index contributed by atoms with van der Waals surface area (Å²) in [5.41, 5.74) is 0.521. The van der Waals surface area contributed by atoms with Crippen molar-refractivity contribution in [1.29, 1.82) is 0 Å². The lowest BCUT2D eigenvalue weighted by Gasteiger charge is -2.07. The first-order valence-electron chi connectivity index (χ1n) is 7.03. The number of halogens is 2. The van der Waals surface area contributed by atoms with Crippen LogP contribution in [0.4, 0.5) is 8.78 Å². The summed E-state index contributed by atoms with van der Waals surface area (Å²) in [5, 5.41) is 2.66. The van der Waals surface area contributed by atoms with Crippen LogP contribution in [0.15, 0.2) is 48.5 Å². The van der Waals surface area contributed by atoms with Gasteiger partial charge in [-0.15, -0.1) is 0 Å². The maximum atomic E-state index is 13.0. The summed E-state index contributed by atoms with van der Waals surface area (Å²) in [6.07, 6.45) is 0.898. The number of hydrogen-bond acceptors (Lipinski definition) is 2. The molecule has 0 spiro atoms. The van der Waals surface area contributed by atoms with Crippen LogP contribution in [0, 0.1) is 11.6 Å². The molecule has 2 aromatic rings. The highest BCUT2D eigenvalue weighted by molar-refractivity contribution is 5.75. The van der Waals surface area contributed by atoms with E-state index in [2.05, 4.69) is 5.32 Å². The van der Waals surface area contributed by atoms with E-state index in [1.165, 1.54) is 6.07 Å². The van der Waals surface area contributed by atoms with Gasteiger partial charge in [-0.25, -0.2) is 8.78 Å². The Labute approximate surface area is 127 Å². The fraction of sp³-hybridized carbons (Fsp3) is 0.235. The predicted octanol–water partition coefficient (Wildman–Crippen LogP) is 3.44. The van der Waals surface area contributed by atoms with Gasteiger partial charge in [0.25, 0.3) is 0 Å². The first kappa shape index (κ1) is 15.9. The molecule has 0 saturated heterocycles. The molecule has 0 atom stereocenters.